The van der Waals surface area contributed by atoms with Crippen LogP contribution in [-0.2, 0) is 18.3 Å². The Hall–Kier alpha value is -6.33. The SMILES string of the molecule is CC1(C)c2ccccc2N(c2cccc(-c3ccc4c(c3)c3c(n4-c4nc(-c5ccccc5)nc(-c5ccccc5)n4)CCCC3)c2)c2ccccc21. The molecule has 2 aliphatic rings. The van der Waals surface area contributed by atoms with E-state index >= 15 is 0 Å². The lowest BCUT2D eigenvalue weighted by molar-refractivity contribution is 0.632. The van der Waals surface area contributed by atoms with Crippen LogP contribution < -0.4 is 4.90 Å². The van der Waals surface area contributed by atoms with Gasteiger partial charge in [0.1, 0.15) is 0 Å². The molecule has 0 saturated carbocycles. The topological polar surface area (TPSA) is 46.8 Å². The molecule has 3 heterocycles. The Bertz CT molecular complexity index is 2550. The maximum Gasteiger partial charge on any atom is 0.238 e. The molecule has 0 N–H and O–H groups in total. The third kappa shape index (κ3) is 5.18. The van der Waals surface area contributed by atoms with Crippen LogP contribution in [0.4, 0.5) is 17.1 Å². The average molecular weight is 686 g/mol. The lowest BCUT2D eigenvalue weighted by Crippen LogP contribution is -2.30. The lowest BCUT2D eigenvalue weighted by atomic mass is 9.73. The number of hydrogen-bond donors (Lipinski definition) is 0. The van der Waals surface area contributed by atoms with Crippen LogP contribution in [0, 0.1) is 0 Å². The molecule has 1 aliphatic heterocycles. The van der Waals surface area contributed by atoms with Gasteiger partial charge in [0.2, 0.25) is 5.95 Å². The molecular formula is C48H39N5. The van der Waals surface area contributed by atoms with Crippen LogP contribution in [0.25, 0.3) is 50.8 Å². The number of anilines is 3. The minimum absolute atomic E-state index is 0.0964. The summed E-state index contributed by atoms with van der Waals surface area (Å²) in [6.07, 6.45) is 4.36. The third-order valence-corrected chi connectivity index (χ3v) is 11.2. The molecule has 6 aromatic carbocycles. The Balaban J connectivity index is 1.12. The number of benzene rings is 6. The highest BCUT2D eigenvalue weighted by molar-refractivity contribution is 5.93. The number of fused-ring (bicyclic) bond motifs is 5. The van der Waals surface area contributed by atoms with Crippen LogP contribution in [0.1, 0.15) is 49.1 Å². The molecule has 53 heavy (non-hydrogen) atoms. The Kier molecular flexibility index (Phi) is 7.36. The van der Waals surface area contributed by atoms with E-state index in [0.717, 1.165) is 41.6 Å². The first-order chi connectivity index (χ1) is 26.0. The zero-order chi connectivity index (χ0) is 35.5. The number of para-hydroxylation sites is 2. The molecule has 0 fully saturated rings. The molecule has 5 heteroatoms. The summed E-state index contributed by atoms with van der Waals surface area (Å²) in [5.41, 5.74) is 14.4. The minimum Gasteiger partial charge on any atom is -0.310 e. The van der Waals surface area contributed by atoms with E-state index in [1.54, 1.807) is 0 Å². The molecule has 0 spiro atoms. The highest BCUT2D eigenvalue weighted by Gasteiger charge is 2.36. The van der Waals surface area contributed by atoms with E-state index in [-0.39, 0.29) is 5.41 Å². The predicted octanol–water partition coefficient (Wildman–Crippen LogP) is 11.8. The zero-order valence-corrected chi connectivity index (χ0v) is 30.0. The van der Waals surface area contributed by atoms with E-state index in [2.05, 4.69) is 139 Å². The molecule has 10 rings (SSSR count). The molecule has 0 saturated heterocycles. The summed E-state index contributed by atoms with van der Waals surface area (Å²) in [6.45, 7) is 4.67. The first-order valence-corrected chi connectivity index (χ1v) is 18.7. The molecule has 0 unspecified atom stereocenters. The minimum atomic E-state index is -0.0964. The van der Waals surface area contributed by atoms with Crippen molar-refractivity contribution in [2.75, 3.05) is 4.90 Å². The number of aromatic nitrogens is 4. The summed E-state index contributed by atoms with van der Waals surface area (Å²) >= 11 is 0. The van der Waals surface area contributed by atoms with Crippen molar-refractivity contribution >= 4 is 28.0 Å². The van der Waals surface area contributed by atoms with Crippen LogP contribution in [0.5, 0.6) is 0 Å². The van der Waals surface area contributed by atoms with Crippen LogP contribution in [0.2, 0.25) is 0 Å². The maximum absolute atomic E-state index is 5.16. The van der Waals surface area contributed by atoms with Crippen molar-refractivity contribution in [2.45, 2.75) is 44.9 Å². The first kappa shape index (κ1) is 31.4. The summed E-state index contributed by atoms with van der Waals surface area (Å²) in [7, 11) is 0. The molecule has 8 aromatic rings. The van der Waals surface area contributed by atoms with Gasteiger partial charge in [-0.15, -0.1) is 0 Å². The highest BCUT2D eigenvalue weighted by atomic mass is 15.2. The van der Waals surface area contributed by atoms with Crippen molar-refractivity contribution in [3.8, 4) is 39.9 Å². The van der Waals surface area contributed by atoms with Crippen molar-refractivity contribution in [3.05, 3.63) is 174 Å². The molecule has 1 aliphatic carbocycles. The smallest absolute Gasteiger partial charge is 0.238 e. The van der Waals surface area contributed by atoms with Gasteiger partial charge >= 0.3 is 0 Å². The predicted molar refractivity (Wildman–Crippen MR) is 216 cm³/mol. The van der Waals surface area contributed by atoms with Gasteiger partial charge in [0.05, 0.1) is 16.9 Å². The van der Waals surface area contributed by atoms with Gasteiger partial charge in [-0.2, -0.15) is 9.97 Å². The van der Waals surface area contributed by atoms with Gasteiger partial charge in [-0.3, -0.25) is 4.57 Å². The van der Waals surface area contributed by atoms with Crippen molar-refractivity contribution in [3.63, 3.8) is 0 Å². The Morgan fingerprint density at radius 3 is 1.74 bits per heavy atom. The third-order valence-electron chi connectivity index (χ3n) is 11.2. The number of nitrogens with zero attached hydrogens (tertiary/aromatic N) is 5. The van der Waals surface area contributed by atoms with E-state index in [1.807, 2.05) is 36.4 Å². The number of rotatable bonds is 5. The average Bonchev–Trinajstić information content (AvgIpc) is 3.55. The van der Waals surface area contributed by atoms with Crippen molar-refractivity contribution in [2.24, 2.45) is 0 Å². The molecule has 0 atom stereocenters. The Morgan fingerprint density at radius 1 is 0.509 bits per heavy atom. The van der Waals surface area contributed by atoms with E-state index in [9.17, 15) is 0 Å². The van der Waals surface area contributed by atoms with Crippen LogP contribution in [0.15, 0.2) is 152 Å². The maximum atomic E-state index is 5.16. The molecule has 5 nitrogen and oxygen atoms in total. The molecular weight excluding hydrogens is 647 g/mol. The lowest BCUT2D eigenvalue weighted by Gasteiger charge is -2.42. The largest absolute Gasteiger partial charge is 0.310 e. The van der Waals surface area contributed by atoms with E-state index in [0.29, 0.717) is 17.6 Å². The monoisotopic (exact) mass is 685 g/mol. The van der Waals surface area contributed by atoms with Gasteiger partial charge in [-0.1, -0.05) is 129 Å². The fourth-order valence-electron chi connectivity index (χ4n) is 8.62. The molecule has 0 bridgehead atoms. The summed E-state index contributed by atoms with van der Waals surface area (Å²) in [4.78, 5) is 17.7. The standard InChI is InChI=1S/C48H39N5/c1-48(2)39-23-10-13-26-43(39)52(44-27-14-11-24-40(44)48)36-21-15-20-34(30-36)35-28-29-42-38(31-35)37-22-9-12-25-41(37)53(42)47-50-45(32-16-5-3-6-17-32)49-46(51-47)33-18-7-4-8-19-33/h3-8,10-11,13-21,23-24,26-31H,9,12,22,25H2,1-2H3. The second-order valence-corrected chi connectivity index (χ2v) is 14.8. The quantitative estimate of drug-likeness (QED) is 0.181. The van der Waals surface area contributed by atoms with Crippen LogP contribution in [-0.4, -0.2) is 19.5 Å². The summed E-state index contributed by atoms with van der Waals surface area (Å²) < 4.78 is 2.31. The summed E-state index contributed by atoms with van der Waals surface area (Å²) in [5.74, 6) is 2.03. The molecule has 0 amide bonds. The normalized spacial score (nSPS) is 14.4. The summed E-state index contributed by atoms with van der Waals surface area (Å²) in [5, 5.41) is 1.28. The van der Waals surface area contributed by atoms with Gasteiger partial charge in [-0.05, 0) is 89.9 Å². The van der Waals surface area contributed by atoms with Gasteiger partial charge in [-0.25, -0.2) is 4.98 Å². The fourth-order valence-corrected chi connectivity index (χ4v) is 8.62. The molecule has 2 aromatic heterocycles. The van der Waals surface area contributed by atoms with E-state index in [4.69, 9.17) is 15.0 Å². The Morgan fingerprint density at radius 2 is 1.08 bits per heavy atom. The summed E-state index contributed by atoms with van der Waals surface area (Å²) in [6, 6.07) is 54.1. The second kappa shape index (κ2) is 12.4. The van der Waals surface area contributed by atoms with Gasteiger partial charge in [0.15, 0.2) is 11.6 Å². The first-order valence-electron chi connectivity index (χ1n) is 18.7. The van der Waals surface area contributed by atoms with E-state index in [1.165, 1.54) is 56.7 Å². The van der Waals surface area contributed by atoms with Crippen molar-refractivity contribution < 1.29 is 0 Å². The zero-order valence-electron chi connectivity index (χ0n) is 30.0. The van der Waals surface area contributed by atoms with E-state index < -0.39 is 0 Å². The van der Waals surface area contributed by atoms with Gasteiger partial charge in [0, 0.05) is 33.3 Å². The molecule has 0 radical (unpaired) electrons. The van der Waals surface area contributed by atoms with Gasteiger partial charge in [0.25, 0.3) is 0 Å². The second-order valence-electron chi connectivity index (χ2n) is 14.8. The number of aryl methyl sites for hydroxylation is 1. The highest BCUT2D eigenvalue weighted by Crippen LogP contribution is 2.52. The van der Waals surface area contributed by atoms with Crippen LogP contribution >= 0.6 is 0 Å². The van der Waals surface area contributed by atoms with Crippen molar-refractivity contribution in [1.29, 1.82) is 0 Å². The Labute approximate surface area is 310 Å². The van der Waals surface area contributed by atoms with Gasteiger partial charge < -0.3 is 4.90 Å². The molecule has 256 valence electrons. The van der Waals surface area contributed by atoms with Crippen LogP contribution in [0.3, 0.4) is 0 Å². The van der Waals surface area contributed by atoms with Crippen molar-refractivity contribution in [1.82, 2.24) is 19.5 Å². The number of hydrogen-bond acceptors (Lipinski definition) is 4. The fraction of sp³-hybridized carbons (Fsp3) is 0.146.